The first-order valence-corrected chi connectivity index (χ1v) is 8.45. The van der Waals surface area contributed by atoms with Gasteiger partial charge in [-0.05, 0) is 37.1 Å². The van der Waals surface area contributed by atoms with Crippen LogP contribution in [0.3, 0.4) is 0 Å². The molecule has 4 nitrogen and oxygen atoms in total. The molecular formula is C22H16FN3O. The van der Waals surface area contributed by atoms with E-state index in [0.29, 0.717) is 11.5 Å². The minimum absolute atomic E-state index is 0.266. The summed E-state index contributed by atoms with van der Waals surface area (Å²) in [5, 5.41) is 8.58. The zero-order chi connectivity index (χ0) is 18.8. The molecule has 2 aromatic heterocycles. The topological polar surface area (TPSA) is 43.9 Å². The van der Waals surface area contributed by atoms with Crippen LogP contribution in [0.25, 0.3) is 22.5 Å². The molecule has 0 radical (unpaired) electrons. The fourth-order valence-corrected chi connectivity index (χ4v) is 2.86. The third-order valence-electron chi connectivity index (χ3n) is 4.25. The molecule has 0 spiro atoms. The van der Waals surface area contributed by atoms with Gasteiger partial charge in [-0.3, -0.25) is 4.68 Å². The lowest BCUT2D eigenvalue weighted by Gasteiger charge is -2.00. The highest BCUT2D eigenvalue weighted by Crippen LogP contribution is 2.24. The first kappa shape index (κ1) is 16.8. The van der Waals surface area contributed by atoms with Crippen LogP contribution in [0.2, 0.25) is 0 Å². The predicted molar refractivity (Wildman–Crippen MR) is 101 cm³/mol. The van der Waals surface area contributed by atoms with Gasteiger partial charge in [-0.1, -0.05) is 41.4 Å². The zero-order valence-electron chi connectivity index (χ0n) is 14.9. The van der Waals surface area contributed by atoms with Crippen molar-refractivity contribution in [3.05, 3.63) is 83.5 Å². The highest BCUT2D eigenvalue weighted by molar-refractivity contribution is 5.68. The molecule has 0 aliphatic carbocycles. The molecule has 0 N–H and O–H groups in total. The lowest BCUT2D eigenvalue weighted by Crippen LogP contribution is -1.93. The second kappa shape index (κ2) is 6.93. The van der Waals surface area contributed by atoms with Crippen LogP contribution in [-0.2, 0) is 7.05 Å². The van der Waals surface area contributed by atoms with Gasteiger partial charge >= 0.3 is 0 Å². The number of hydrogen-bond donors (Lipinski definition) is 0. The highest BCUT2D eigenvalue weighted by atomic mass is 19.1. The van der Waals surface area contributed by atoms with Crippen molar-refractivity contribution >= 4 is 0 Å². The molecule has 2 aromatic carbocycles. The van der Waals surface area contributed by atoms with Crippen molar-refractivity contribution in [1.29, 1.82) is 0 Å². The van der Waals surface area contributed by atoms with Crippen LogP contribution in [0.15, 0.2) is 65.2 Å². The SMILES string of the molecule is Cc1onc(-c2ccccc2)c1C#Cc1cc(-c2ccc(F)cc2)n(C)n1. The van der Waals surface area contributed by atoms with Gasteiger partial charge in [0.25, 0.3) is 0 Å². The van der Waals surface area contributed by atoms with E-state index in [1.165, 1.54) is 12.1 Å². The predicted octanol–water partition coefficient (Wildman–Crippen LogP) is 4.59. The standard InChI is InChI=1S/C22H16FN3O/c1-15-20(22(25-27-15)17-6-4-3-5-7-17)13-12-19-14-21(26(2)24-19)16-8-10-18(23)11-9-16/h3-11,14H,1-2H3. The summed E-state index contributed by atoms with van der Waals surface area (Å²) in [7, 11) is 1.84. The van der Waals surface area contributed by atoms with Crippen molar-refractivity contribution in [2.45, 2.75) is 6.92 Å². The number of aryl methyl sites for hydroxylation is 2. The van der Waals surface area contributed by atoms with E-state index in [4.69, 9.17) is 4.52 Å². The summed E-state index contributed by atoms with van der Waals surface area (Å²) in [6.45, 7) is 1.84. The van der Waals surface area contributed by atoms with Crippen molar-refractivity contribution in [3.63, 3.8) is 0 Å². The molecule has 0 aliphatic rings. The maximum absolute atomic E-state index is 13.1. The quantitative estimate of drug-likeness (QED) is 0.493. The van der Waals surface area contributed by atoms with Gasteiger partial charge in [-0.15, -0.1) is 0 Å². The van der Waals surface area contributed by atoms with Gasteiger partial charge < -0.3 is 4.52 Å². The van der Waals surface area contributed by atoms with Crippen molar-refractivity contribution < 1.29 is 8.91 Å². The number of aromatic nitrogens is 3. The van der Waals surface area contributed by atoms with Crippen LogP contribution >= 0.6 is 0 Å². The van der Waals surface area contributed by atoms with Crippen LogP contribution in [-0.4, -0.2) is 14.9 Å². The summed E-state index contributed by atoms with van der Waals surface area (Å²) in [6, 6.07) is 18.0. The molecule has 0 aliphatic heterocycles. The second-order valence-corrected chi connectivity index (χ2v) is 6.12. The lowest BCUT2D eigenvalue weighted by atomic mass is 10.1. The van der Waals surface area contributed by atoms with E-state index in [1.807, 2.05) is 50.4 Å². The van der Waals surface area contributed by atoms with E-state index in [2.05, 4.69) is 22.1 Å². The first-order valence-electron chi connectivity index (χ1n) is 8.45. The molecule has 0 saturated heterocycles. The monoisotopic (exact) mass is 357 g/mol. The number of rotatable bonds is 2. The molecule has 132 valence electrons. The first-order chi connectivity index (χ1) is 13.1. The Kier molecular flexibility index (Phi) is 4.31. The minimum atomic E-state index is -0.266. The van der Waals surface area contributed by atoms with Gasteiger partial charge in [-0.25, -0.2) is 4.39 Å². The molecular weight excluding hydrogens is 341 g/mol. The summed E-state index contributed by atoms with van der Waals surface area (Å²) in [5.41, 5.74) is 4.78. The number of halogens is 1. The molecule has 4 rings (SSSR count). The van der Waals surface area contributed by atoms with Crippen LogP contribution in [0, 0.1) is 24.6 Å². The van der Waals surface area contributed by atoms with E-state index >= 15 is 0 Å². The molecule has 0 unspecified atom stereocenters. The van der Waals surface area contributed by atoms with E-state index < -0.39 is 0 Å². The Bertz CT molecular complexity index is 1150. The molecule has 4 aromatic rings. The van der Waals surface area contributed by atoms with Gasteiger partial charge in [-0.2, -0.15) is 5.10 Å². The van der Waals surface area contributed by atoms with E-state index in [9.17, 15) is 4.39 Å². The van der Waals surface area contributed by atoms with Gasteiger partial charge in [0.05, 0.1) is 11.3 Å². The van der Waals surface area contributed by atoms with Crippen molar-refractivity contribution in [3.8, 4) is 34.4 Å². The Morgan fingerprint density at radius 3 is 2.44 bits per heavy atom. The molecule has 0 bridgehead atoms. The van der Waals surface area contributed by atoms with Gasteiger partial charge in [0.1, 0.15) is 23.0 Å². The van der Waals surface area contributed by atoms with Crippen LogP contribution in [0.5, 0.6) is 0 Å². The van der Waals surface area contributed by atoms with Gasteiger partial charge in [0.2, 0.25) is 0 Å². The maximum Gasteiger partial charge on any atom is 0.149 e. The largest absolute Gasteiger partial charge is 0.360 e. The second-order valence-electron chi connectivity index (χ2n) is 6.12. The molecule has 27 heavy (non-hydrogen) atoms. The summed E-state index contributed by atoms with van der Waals surface area (Å²) < 4.78 is 20.2. The van der Waals surface area contributed by atoms with Crippen molar-refractivity contribution in [1.82, 2.24) is 14.9 Å². The smallest absolute Gasteiger partial charge is 0.149 e. The number of nitrogens with zero attached hydrogens (tertiary/aromatic N) is 3. The minimum Gasteiger partial charge on any atom is -0.360 e. The average Bonchev–Trinajstić information content (AvgIpc) is 3.24. The highest BCUT2D eigenvalue weighted by Gasteiger charge is 2.13. The Labute approximate surface area is 156 Å². The Morgan fingerprint density at radius 2 is 1.70 bits per heavy atom. The Balaban J connectivity index is 1.70. The van der Waals surface area contributed by atoms with E-state index in [0.717, 1.165) is 28.1 Å². The molecule has 0 amide bonds. The van der Waals surface area contributed by atoms with Crippen LogP contribution in [0.4, 0.5) is 4.39 Å². The summed E-state index contributed by atoms with van der Waals surface area (Å²) in [5.74, 6) is 6.62. The summed E-state index contributed by atoms with van der Waals surface area (Å²) in [6.07, 6.45) is 0. The third-order valence-corrected chi connectivity index (χ3v) is 4.25. The fraction of sp³-hybridized carbons (Fsp3) is 0.0909. The van der Waals surface area contributed by atoms with E-state index in [-0.39, 0.29) is 5.82 Å². The van der Waals surface area contributed by atoms with Crippen molar-refractivity contribution in [2.75, 3.05) is 0 Å². The molecule has 0 fully saturated rings. The summed E-state index contributed by atoms with van der Waals surface area (Å²) >= 11 is 0. The Morgan fingerprint density at radius 1 is 0.963 bits per heavy atom. The maximum atomic E-state index is 13.1. The van der Waals surface area contributed by atoms with E-state index in [1.54, 1.807) is 16.8 Å². The number of hydrogen-bond acceptors (Lipinski definition) is 3. The average molecular weight is 357 g/mol. The molecule has 0 saturated carbocycles. The molecule has 0 atom stereocenters. The summed E-state index contributed by atoms with van der Waals surface area (Å²) in [4.78, 5) is 0. The van der Waals surface area contributed by atoms with Gasteiger partial charge in [0.15, 0.2) is 0 Å². The normalized spacial score (nSPS) is 10.5. The lowest BCUT2D eigenvalue weighted by molar-refractivity contribution is 0.399. The van der Waals surface area contributed by atoms with Crippen LogP contribution < -0.4 is 0 Å². The van der Waals surface area contributed by atoms with Crippen LogP contribution in [0.1, 0.15) is 17.0 Å². The zero-order valence-corrected chi connectivity index (χ0v) is 14.9. The Hall–Kier alpha value is -3.65. The third kappa shape index (κ3) is 3.38. The fourth-order valence-electron chi connectivity index (χ4n) is 2.86. The van der Waals surface area contributed by atoms with Crippen molar-refractivity contribution in [2.24, 2.45) is 7.05 Å². The van der Waals surface area contributed by atoms with Gasteiger partial charge in [0, 0.05) is 24.2 Å². The molecule has 5 heteroatoms. The molecule has 2 heterocycles. The number of benzene rings is 2.